The van der Waals surface area contributed by atoms with Crippen molar-refractivity contribution in [3.8, 4) is 0 Å². The first-order chi connectivity index (χ1) is 9.97. The van der Waals surface area contributed by atoms with Crippen LogP contribution in [0.5, 0.6) is 0 Å². The molecule has 0 fully saturated rings. The van der Waals surface area contributed by atoms with Gasteiger partial charge in [0.25, 0.3) is 0 Å². The zero-order valence-electron chi connectivity index (χ0n) is 12.4. The van der Waals surface area contributed by atoms with Gasteiger partial charge in [0.05, 0.1) is 4.90 Å². The van der Waals surface area contributed by atoms with E-state index in [2.05, 4.69) is 18.6 Å². The van der Waals surface area contributed by atoms with Gasteiger partial charge in [0.1, 0.15) is 0 Å². The summed E-state index contributed by atoms with van der Waals surface area (Å²) in [6, 6.07) is 16.6. The fraction of sp³-hybridized carbons (Fsp3) is 0.294. The predicted octanol–water partition coefficient (Wildman–Crippen LogP) is 3.36. The molecule has 0 spiro atoms. The summed E-state index contributed by atoms with van der Waals surface area (Å²) >= 11 is 0. The van der Waals surface area contributed by atoms with E-state index in [1.807, 2.05) is 42.5 Å². The van der Waals surface area contributed by atoms with Crippen LogP contribution >= 0.6 is 0 Å². The van der Waals surface area contributed by atoms with E-state index in [4.69, 9.17) is 0 Å². The van der Waals surface area contributed by atoms with Gasteiger partial charge in [-0.25, -0.2) is 13.1 Å². The highest BCUT2D eigenvalue weighted by atomic mass is 32.2. The third-order valence-electron chi connectivity index (χ3n) is 3.19. The Balaban J connectivity index is 2.05. The van der Waals surface area contributed by atoms with Gasteiger partial charge in [-0.15, -0.1) is 0 Å². The van der Waals surface area contributed by atoms with Crippen LogP contribution in [0.1, 0.15) is 25.0 Å². The molecule has 3 nitrogen and oxygen atoms in total. The molecular weight excluding hydrogens is 282 g/mol. The molecular formula is C17H21NO2S. The van der Waals surface area contributed by atoms with Crippen molar-refractivity contribution in [3.63, 3.8) is 0 Å². The molecule has 0 amide bonds. The van der Waals surface area contributed by atoms with Gasteiger partial charge in [-0.1, -0.05) is 56.3 Å². The summed E-state index contributed by atoms with van der Waals surface area (Å²) in [5.74, 6) is 0.559. The van der Waals surface area contributed by atoms with E-state index < -0.39 is 10.0 Å². The van der Waals surface area contributed by atoms with E-state index in [0.717, 1.165) is 17.5 Å². The number of rotatable bonds is 6. The van der Waals surface area contributed by atoms with E-state index in [9.17, 15) is 8.42 Å². The fourth-order valence-corrected chi connectivity index (χ4v) is 3.15. The highest BCUT2D eigenvalue weighted by Gasteiger charge is 2.13. The minimum atomic E-state index is -3.45. The van der Waals surface area contributed by atoms with Crippen LogP contribution in [0.2, 0.25) is 0 Å². The minimum absolute atomic E-state index is 0.302. The molecule has 2 aromatic rings. The minimum Gasteiger partial charge on any atom is -0.207 e. The van der Waals surface area contributed by atoms with E-state index in [-0.39, 0.29) is 0 Å². The Bertz CT molecular complexity index is 662. The second-order valence-corrected chi connectivity index (χ2v) is 7.32. The van der Waals surface area contributed by atoms with Crippen molar-refractivity contribution < 1.29 is 8.42 Å². The van der Waals surface area contributed by atoms with E-state index in [1.54, 1.807) is 12.1 Å². The average Bonchev–Trinajstić information content (AvgIpc) is 2.46. The molecule has 4 heteroatoms. The zero-order valence-corrected chi connectivity index (χ0v) is 13.2. The van der Waals surface area contributed by atoms with Crippen molar-refractivity contribution in [2.24, 2.45) is 5.92 Å². The topological polar surface area (TPSA) is 46.2 Å². The number of benzene rings is 2. The lowest BCUT2D eigenvalue weighted by atomic mass is 10.0. The van der Waals surface area contributed by atoms with Crippen molar-refractivity contribution in [3.05, 3.63) is 65.7 Å². The number of sulfonamides is 1. The van der Waals surface area contributed by atoms with Gasteiger partial charge in [-0.05, 0) is 35.6 Å². The lowest BCUT2D eigenvalue weighted by molar-refractivity contribution is 0.581. The van der Waals surface area contributed by atoms with Crippen LogP contribution in [0, 0.1) is 5.92 Å². The molecule has 0 aliphatic carbocycles. The van der Waals surface area contributed by atoms with Crippen LogP contribution in [-0.2, 0) is 23.0 Å². The summed E-state index contributed by atoms with van der Waals surface area (Å²) in [6.45, 7) is 4.59. The molecule has 0 radical (unpaired) electrons. The third-order valence-corrected chi connectivity index (χ3v) is 4.60. The smallest absolute Gasteiger partial charge is 0.207 e. The Morgan fingerprint density at radius 1 is 0.905 bits per heavy atom. The first-order valence-electron chi connectivity index (χ1n) is 7.10. The SMILES string of the molecule is CC(C)Cc1ccc(S(=O)(=O)NCc2ccccc2)cc1. The van der Waals surface area contributed by atoms with Gasteiger partial charge >= 0.3 is 0 Å². The molecule has 21 heavy (non-hydrogen) atoms. The highest BCUT2D eigenvalue weighted by Crippen LogP contribution is 2.14. The number of nitrogens with one attached hydrogen (secondary N) is 1. The van der Waals surface area contributed by atoms with Crippen molar-refractivity contribution in [1.82, 2.24) is 4.72 Å². The zero-order chi connectivity index (χ0) is 15.3. The molecule has 0 heterocycles. The van der Waals surface area contributed by atoms with Crippen molar-refractivity contribution in [1.29, 1.82) is 0 Å². The van der Waals surface area contributed by atoms with Gasteiger partial charge in [0.15, 0.2) is 0 Å². The highest BCUT2D eigenvalue weighted by molar-refractivity contribution is 7.89. The standard InChI is InChI=1S/C17H21NO2S/c1-14(2)12-15-8-10-17(11-9-15)21(19,20)18-13-16-6-4-3-5-7-16/h3-11,14,18H,12-13H2,1-2H3. The number of hydrogen-bond acceptors (Lipinski definition) is 2. The first kappa shape index (κ1) is 15.7. The van der Waals surface area contributed by atoms with E-state index in [0.29, 0.717) is 17.4 Å². The van der Waals surface area contributed by atoms with Gasteiger partial charge in [-0.3, -0.25) is 0 Å². The summed E-state index contributed by atoms with van der Waals surface area (Å²) in [7, 11) is -3.45. The molecule has 0 saturated heterocycles. The summed E-state index contributed by atoms with van der Waals surface area (Å²) in [6.07, 6.45) is 0.956. The second-order valence-electron chi connectivity index (χ2n) is 5.55. The molecule has 0 bridgehead atoms. The third kappa shape index (κ3) is 4.69. The maximum Gasteiger partial charge on any atom is 0.240 e. The van der Waals surface area contributed by atoms with Gasteiger partial charge < -0.3 is 0 Å². The molecule has 112 valence electrons. The maximum absolute atomic E-state index is 12.2. The first-order valence-corrected chi connectivity index (χ1v) is 8.58. The molecule has 0 aliphatic rings. The van der Waals surface area contributed by atoms with Crippen LogP contribution in [0.25, 0.3) is 0 Å². The van der Waals surface area contributed by atoms with Gasteiger partial charge in [0, 0.05) is 6.54 Å². The Labute approximate surface area is 127 Å². The molecule has 0 saturated carbocycles. The molecule has 0 aliphatic heterocycles. The van der Waals surface area contributed by atoms with Crippen LogP contribution in [0.15, 0.2) is 59.5 Å². The molecule has 1 N–H and O–H groups in total. The summed E-state index contributed by atoms with van der Waals surface area (Å²) in [5, 5.41) is 0. The van der Waals surface area contributed by atoms with Crippen LogP contribution in [0.4, 0.5) is 0 Å². The second kappa shape index (κ2) is 6.87. The number of hydrogen-bond donors (Lipinski definition) is 1. The molecule has 0 atom stereocenters. The molecule has 0 aromatic heterocycles. The molecule has 0 unspecified atom stereocenters. The Morgan fingerprint density at radius 2 is 1.52 bits per heavy atom. The van der Waals surface area contributed by atoms with Crippen molar-refractivity contribution in [2.45, 2.75) is 31.7 Å². The van der Waals surface area contributed by atoms with Crippen LogP contribution in [0.3, 0.4) is 0 Å². The van der Waals surface area contributed by atoms with Crippen molar-refractivity contribution in [2.75, 3.05) is 0 Å². The Hall–Kier alpha value is -1.65. The summed E-state index contributed by atoms with van der Waals surface area (Å²) < 4.78 is 27.1. The van der Waals surface area contributed by atoms with E-state index >= 15 is 0 Å². The Morgan fingerprint density at radius 3 is 2.10 bits per heavy atom. The summed E-state index contributed by atoms with van der Waals surface area (Å²) in [4.78, 5) is 0.311. The quantitative estimate of drug-likeness (QED) is 0.889. The van der Waals surface area contributed by atoms with Gasteiger partial charge in [-0.2, -0.15) is 0 Å². The van der Waals surface area contributed by atoms with Crippen molar-refractivity contribution >= 4 is 10.0 Å². The van der Waals surface area contributed by atoms with Gasteiger partial charge in [0.2, 0.25) is 10.0 Å². The van der Waals surface area contributed by atoms with Crippen LogP contribution < -0.4 is 4.72 Å². The largest absolute Gasteiger partial charge is 0.240 e. The fourth-order valence-electron chi connectivity index (χ4n) is 2.13. The monoisotopic (exact) mass is 303 g/mol. The maximum atomic E-state index is 12.2. The molecule has 2 rings (SSSR count). The van der Waals surface area contributed by atoms with E-state index in [1.165, 1.54) is 0 Å². The lowest BCUT2D eigenvalue weighted by Crippen LogP contribution is -2.23. The van der Waals surface area contributed by atoms with Crippen LogP contribution in [-0.4, -0.2) is 8.42 Å². The summed E-state index contributed by atoms with van der Waals surface area (Å²) in [5.41, 5.74) is 2.10. The lowest BCUT2D eigenvalue weighted by Gasteiger charge is -2.09. The average molecular weight is 303 g/mol. The normalized spacial score (nSPS) is 11.8. The molecule has 2 aromatic carbocycles. The Kier molecular flexibility index (Phi) is 5.15. The predicted molar refractivity (Wildman–Crippen MR) is 85.5 cm³/mol.